The molecule has 22 heavy (non-hydrogen) atoms. The zero-order valence-corrected chi connectivity index (χ0v) is 15.8. The Hall–Kier alpha value is -1.15. The molecule has 1 aromatic carbocycles. The van der Waals surface area contributed by atoms with E-state index in [2.05, 4.69) is 45.9 Å². The SMILES string of the molecule is CCCCC/C=C(\c1ccccc1C=O)[Si](CC)(CC)CC. The van der Waals surface area contributed by atoms with Crippen LogP contribution in [0.15, 0.2) is 30.3 Å². The number of hydrogen-bond donors (Lipinski definition) is 0. The van der Waals surface area contributed by atoms with Crippen molar-refractivity contribution in [1.29, 1.82) is 0 Å². The molecular weight excluding hydrogens is 284 g/mol. The van der Waals surface area contributed by atoms with Crippen LogP contribution in [0.5, 0.6) is 0 Å². The van der Waals surface area contributed by atoms with Crippen LogP contribution in [0.1, 0.15) is 69.3 Å². The molecule has 0 N–H and O–H groups in total. The van der Waals surface area contributed by atoms with E-state index in [1.165, 1.54) is 48.2 Å². The molecule has 0 radical (unpaired) electrons. The summed E-state index contributed by atoms with van der Waals surface area (Å²) in [4.78, 5) is 11.5. The summed E-state index contributed by atoms with van der Waals surface area (Å²) in [6.07, 6.45) is 8.44. The summed E-state index contributed by atoms with van der Waals surface area (Å²) in [5.74, 6) is 0. The second-order valence-electron chi connectivity index (χ2n) is 6.16. The summed E-state index contributed by atoms with van der Waals surface area (Å²) in [6, 6.07) is 11.9. The van der Waals surface area contributed by atoms with Gasteiger partial charge in [-0.3, -0.25) is 4.79 Å². The van der Waals surface area contributed by atoms with Gasteiger partial charge >= 0.3 is 0 Å². The van der Waals surface area contributed by atoms with Crippen LogP contribution in [0, 0.1) is 0 Å². The average Bonchev–Trinajstić information content (AvgIpc) is 2.58. The number of unbranched alkanes of at least 4 members (excludes halogenated alkanes) is 3. The molecule has 0 amide bonds. The minimum absolute atomic E-state index is 0.858. The van der Waals surface area contributed by atoms with Gasteiger partial charge in [0.15, 0.2) is 6.29 Å². The molecule has 0 unspecified atom stereocenters. The van der Waals surface area contributed by atoms with E-state index in [0.717, 1.165) is 18.3 Å². The Labute approximate surface area is 137 Å². The molecule has 0 atom stereocenters. The first-order valence-corrected chi connectivity index (χ1v) is 11.6. The fourth-order valence-electron chi connectivity index (χ4n) is 3.42. The zero-order chi connectivity index (χ0) is 16.4. The minimum atomic E-state index is -1.49. The van der Waals surface area contributed by atoms with Crippen LogP contribution in [0.2, 0.25) is 18.1 Å². The maximum atomic E-state index is 11.5. The molecule has 0 fully saturated rings. The Morgan fingerprint density at radius 1 is 1.00 bits per heavy atom. The van der Waals surface area contributed by atoms with Crippen molar-refractivity contribution >= 4 is 19.6 Å². The van der Waals surface area contributed by atoms with Gasteiger partial charge in [0.25, 0.3) is 0 Å². The molecule has 1 nitrogen and oxygen atoms in total. The molecule has 0 spiro atoms. The van der Waals surface area contributed by atoms with Crippen molar-refractivity contribution in [3.05, 3.63) is 41.5 Å². The number of benzene rings is 1. The summed E-state index contributed by atoms with van der Waals surface area (Å²) >= 11 is 0. The van der Waals surface area contributed by atoms with Gasteiger partial charge in [0, 0.05) is 5.56 Å². The van der Waals surface area contributed by atoms with Crippen LogP contribution in [0.25, 0.3) is 5.20 Å². The van der Waals surface area contributed by atoms with E-state index in [1.807, 2.05) is 12.1 Å². The molecule has 0 bridgehead atoms. The second kappa shape index (κ2) is 9.78. The topological polar surface area (TPSA) is 17.1 Å². The highest BCUT2D eigenvalue weighted by Crippen LogP contribution is 2.37. The van der Waals surface area contributed by atoms with Gasteiger partial charge in [-0.25, -0.2) is 0 Å². The molecule has 0 saturated carbocycles. The third kappa shape index (κ3) is 4.42. The summed E-state index contributed by atoms with van der Waals surface area (Å²) < 4.78 is 0. The monoisotopic (exact) mass is 316 g/mol. The third-order valence-electron chi connectivity index (χ3n) is 5.14. The maximum Gasteiger partial charge on any atom is 0.150 e. The van der Waals surface area contributed by atoms with E-state index in [0.29, 0.717) is 0 Å². The van der Waals surface area contributed by atoms with Gasteiger partial charge in [-0.05, 0) is 18.4 Å². The van der Waals surface area contributed by atoms with Crippen molar-refractivity contribution in [1.82, 2.24) is 0 Å². The largest absolute Gasteiger partial charge is 0.298 e. The summed E-state index contributed by atoms with van der Waals surface area (Å²) in [5.41, 5.74) is 2.06. The van der Waals surface area contributed by atoms with Crippen LogP contribution >= 0.6 is 0 Å². The molecule has 1 aromatic rings. The van der Waals surface area contributed by atoms with E-state index in [4.69, 9.17) is 0 Å². The lowest BCUT2D eigenvalue weighted by atomic mass is 10.1. The lowest BCUT2D eigenvalue weighted by Crippen LogP contribution is -2.34. The molecule has 0 heterocycles. The van der Waals surface area contributed by atoms with Crippen molar-refractivity contribution in [3.63, 3.8) is 0 Å². The van der Waals surface area contributed by atoms with Crippen molar-refractivity contribution in [2.45, 2.75) is 71.5 Å². The van der Waals surface area contributed by atoms with E-state index in [9.17, 15) is 4.79 Å². The number of hydrogen-bond acceptors (Lipinski definition) is 1. The van der Waals surface area contributed by atoms with Gasteiger partial charge in [-0.15, -0.1) is 0 Å². The zero-order valence-electron chi connectivity index (χ0n) is 14.8. The van der Waals surface area contributed by atoms with E-state index >= 15 is 0 Å². The molecule has 0 saturated heterocycles. The number of allylic oxidation sites excluding steroid dienone is 1. The fourth-order valence-corrected chi connectivity index (χ4v) is 7.44. The highest BCUT2D eigenvalue weighted by Gasteiger charge is 2.32. The van der Waals surface area contributed by atoms with Gasteiger partial charge in [0.05, 0.1) is 8.07 Å². The lowest BCUT2D eigenvalue weighted by molar-refractivity contribution is 0.112. The normalized spacial score (nSPS) is 12.5. The van der Waals surface area contributed by atoms with Gasteiger partial charge < -0.3 is 0 Å². The molecule has 1 rings (SSSR count). The number of carbonyl (C=O) groups excluding carboxylic acids is 1. The predicted octanol–water partition coefficient (Wildman–Crippen LogP) is 6.51. The highest BCUT2D eigenvalue weighted by molar-refractivity contribution is 6.96. The van der Waals surface area contributed by atoms with Crippen LogP contribution in [-0.2, 0) is 0 Å². The number of aldehydes is 1. The molecule has 0 aliphatic carbocycles. The van der Waals surface area contributed by atoms with Crippen molar-refractivity contribution in [2.75, 3.05) is 0 Å². The van der Waals surface area contributed by atoms with Gasteiger partial charge in [0.1, 0.15) is 0 Å². The summed E-state index contributed by atoms with van der Waals surface area (Å²) in [5, 5.41) is 1.53. The van der Waals surface area contributed by atoms with Gasteiger partial charge in [0.2, 0.25) is 0 Å². The second-order valence-corrected chi connectivity index (χ2v) is 11.4. The van der Waals surface area contributed by atoms with Crippen LogP contribution < -0.4 is 0 Å². The van der Waals surface area contributed by atoms with Crippen molar-refractivity contribution in [2.24, 2.45) is 0 Å². The summed E-state index contributed by atoms with van der Waals surface area (Å²) in [7, 11) is -1.49. The van der Waals surface area contributed by atoms with Gasteiger partial charge in [-0.1, -0.05) is 94.2 Å². The lowest BCUT2D eigenvalue weighted by Gasteiger charge is -2.32. The third-order valence-corrected chi connectivity index (χ3v) is 10.8. The van der Waals surface area contributed by atoms with Crippen molar-refractivity contribution < 1.29 is 4.79 Å². The van der Waals surface area contributed by atoms with Crippen LogP contribution in [0.4, 0.5) is 0 Å². The maximum absolute atomic E-state index is 11.5. The molecule has 0 aromatic heterocycles. The Bertz CT molecular complexity index is 478. The molecule has 0 aliphatic rings. The molecule has 122 valence electrons. The average molecular weight is 317 g/mol. The highest BCUT2D eigenvalue weighted by atomic mass is 28.3. The number of carbonyl (C=O) groups is 1. The van der Waals surface area contributed by atoms with E-state index in [-0.39, 0.29) is 0 Å². The fraction of sp³-hybridized carbons (Fsp3) is 0.550. The smallest absolute Gasteiger partial charge is 0.150 e. The van der Waals surface area contributed by atoms with Gasteiger partial charge in [-0.2, -0.15) is 0 Å². The first-order chi connectivity index (χ1) is 10.7. The predicted molar refractivity (Wildman–Crippen MR) is 101 cm³/mol. The minimum Gasteiger partial charge on any atom is -0.298 e. The number of rotatable bonds is 10. The summed E-state index contributed by atoms with van der Waals surface area (Å²) in [6.45, 7) is 9.25. The first-order valence-electron chi connectivity index (χ1n) is 8.94. The van der Waals surface area contributed by atoms with Crippen molar-refractivity contribution in [3.8, 4) is 0 Å². The molecule has 0 aliphatic heterocycles. The van der Waals surface area contributed by atoms with E-state index in [1.54, 1.807) is 0 Å². The van der Waals surface area contributed by atoms with E-state index < -0.39 is 8.07 Å². The van der Waals surface area contributed by atoms with Crippen LogP contribution in [-0.4, -0.2) is 14.4 Å². The standard InChI is InChI=1S/C20H32OSi/c1-5-9-10-11-16-20(22(6-2,7-3)8-4)19-15-13-12-14-18(19)17-21/h12-17H,5-11H2,1-4H3/b20-16+. The first kappa shape index (κ1) is 18.9. The Balaban J connectivity index is 3.29. The molecule has 2 heteroatoms. The Kier molecular flexibility index (Phi) is 8.40. The molecular formula is C20H32OSi. The Morgan fingerprint density at radius 2 is 1.64 bits per heavy atom. The van der Waals surface area contributed by atoms with Crippen LogP contribution in [0.3, 0.4) is 0 Å². The quantitative estimate of drug-likeness (QED) is 0.273. The Morgan fingerprint density at radius 3 is 2.18 bits per heavy atom.